The number of aromatic nitrogens is 3. The normalized spacial score (nSPS) is 12.3. The number of unbranched alkanes of at least 4 members (excludes halogenated alkanes) is 1. The van der Waals surface area contributed by atoms with Gasteiger partial charge in [0.25, 0.3) is 0 Å². The van der Waals surface area contributed by atoms with E-state index in [4.69, 9.17) is 40.5 Å². The van der Waals surface area contributed by atoms with Gasteiger partial charge in [0.2, 0.25) is 0 Å². The summed E-state index contributed by atoms with van der Waals surface area (Å²) in [6, 6.07) is 6.78. The highest BCUT2D eigenvalue weighted by molar-refractivity contribution is 8.76. The first kappa shape index (κ1) is 36.0. The van der Waals surface area contributed by atoms with Crippen LogP contribution in [0.1, 0.15) is 45.9 Å². The Morgan fingerprint density at radius 3 is 2.51 bits per heavy atom. The van der Waals surface area contributed by atoms with Crippen LogP contribution >= 0.6 is 21.6 Å². The molecule has 14 nitrogen and oxygen atoms in total. The molecule has 0 aliphatic carbocycles. The first-order valence-electron chi connectivity index (χ1n) is 14.6. The molecule has 0 bridgehead atoms. The minimum Gasteiger partial charge on any atom is -0.480 e. The summed E-state index contributed by atoms with van der Waals surface area (Å²) in [6.07, 6.45) is 0.245. The fourth-order valence-corrected chi connectivity index (χ4v) is 6.00. The van der Waals surface area contributed by atoms with E-state index in [0.717, 1.165) is 16.4 Å². The van der Waals surface area contributed by atoms with Gasteiger partial charge in [0, 0.05) is 30.0 Å². The van der Waals surface area contributed by atoms with Crippen molar-refractivity contribution in [2.24, 2.45) is 5.73 Å². The Morgan fingerprint density at radius 1 is 1.09 bits per heavy atom. The summed E-state index contributed by atoms with van der Waals surface area (Å²) in [7, 11) is 2.96. The third kappa shape index (κ3) is 11.4. The molecule has 1 atom stereocenters. The first-order chi connectivity index (χ1) is 21.5. The Labute approximate surface area is 269 Å². The number of nitrogens with zero attached hydrogens (tertiary/aromatic N) is 3. The van der Waals surface area contributed by atoms with Crippen LogP contribution < -0.4 is 16.8 Å². The van der Waals surface area contributed by atoms with Gasteiger partial charge in [-0.15, -0.1) is 0 Å². The second-order valence-electron chi connectivity index (χ2n) is 10.6. The van der Waals surface area contributed by atoms with E-state index >= 15 is 0 Å². The largest absolute Gasteiger partial charge is 0.508 e. The highest BCUT2D eigenvalue weighted by atomic mass is 33.1. The van der Waals surface area contributed by atoms with Crippen molar-refractivity contribution in [2.45, 2.75) is 64.8 Å². The highest BCUT2D eigenvalue weighted by Crippen LogP contribution is 2.31. The number of alkyl carbamates (subject to hydrolysis) is 1. The van der Waals surface area contributed by atoms with Gasteiger partial charge in [-0.2, -0.15) is 0 Å². The molecule has 3 rings (SSSR count). The number of nitrogens with one attached hydrogen (secondary N) is 1. The molecule has 2 aromatic heterocycles. The van der Waals surface area contributed by atoms with Crippen molar-refractivity contribution in [2.75, 3.05) is 43.6 Å². The number of carboxylic acids is 1. The molecule has 1 unspecified atom stereocenters. The topological polar surface area (TPSA) is 203 Å². The smallest absolute Gasteiger partial charge is 0.480 e. The Hall–Kier alpha value is -3.47. The zero-order valence-corrected chi connectivity index (χ0v) is 27.4. The lowest BCUT2D eigenvalue weighted by Gasteiger charge is -2.26. The van der Waals surface area contributed by atoms with Crippen LogP contribution in [0.2, 0.25) is 0 Å². The van der Waals surface area contributed by atoms with Crippen molar-refractivity contribution in [3.63, 3.8) is 0 Å². The lowest BCUT2D eigenvalue weighted by atomic mass is 10.1. The van der Waals surface area contributed by atoms with E-state index in [1.807, 2.05) is 35.8 Å². The number of ether oxygens (including phenoxy) is 4. The number of nitrogens with two attached hydrogens (primary N) is 2. The van der Waals surface area contributed by atoms with Crippen molar-refractivity contribution in [1.82, 2.24) is 19.9 Å². The third-order valence-electron chi connectivity index (χ3n) is 6.42. The standard InChI is InChI=1S/C29H42N6O8S2/c1-4-40-17-22-34-23-24(19-9-5-6-11-21(19)33-25(23)31)35(22)18-29(2,3)43-28(39)42-14-16-45-44-15-13-41-27(38)32-12-8-7-10-20(30)26(36)37/h5-6,9,11,20H,4,7-8,10,12-18,30H2,1-3H3,(H2,31,33)(H,32,38)(H,36,37). The van der Waals surface area contributed by atoms with Gasteiger partial charge in [-0.25, -0.2) is 19.6 Å². The average molecular weight is 667 g/mol. The molecular weight excluding hydrogens is 624 g/mol. The molecule has 0 saturated carbocycles. The highest BCUT2D eigenvalue weighted by Gasteiger charge is 2.28. The number of aliphatic carboxylic acids is 1. The predicted molar refractivity (Wildman–Crippen MR) is 175 cm³/mol. The molecule has 0 saturated heterocycles. The molecule has 1 aromatic carbocycles. The first-order valence-corrected chi connectivity index (χ1v) is 17.1. The van der Waals surface area contributed by atoms with E-state index in [0.29, 0.717) is 61.1 Å². The minimum absolute atomic E-state index is 0.149. The summed E-state index contributed by atoms with van der Waals surface area (Å²) in [5.41, 5.74) is 12.9. The second kappa shape index (κ2) is 17.9. The molecule has 248 valence electrons. The van der Waals surface area contributed by atoms with Crippen molar-refractivity contribution >= 4 is 67.6 Å². The van der Waals surface area contributed by atoms with Gasteiger partial charge in [0.1, 0.15) is 42.8 Å². The van der Waals surface area contributed by atoms with Gasteiger partial charge >= 0.3 is 18.2 Å². The van der Waals surface area contributed by atoms with Crippen LogP contribution in [0.15, 0.2) is 24.3 Å². The van der Waals surface area contributed by atoms with Gasteiger partial charge in [0.15, 0.2) is 5.82 Å². The van der Waals surface area contributed by atoms with Gasteiger partial charge < -0.3 is 45.4 Å². The van der Waals surface area contributed by atoms with Crippen molar-refractivity contribution in [3.05, 3.63) is 30.1 Å². The van der Waals surface area contributed by atoms with E-state index in [2.05, 4.69) is 10.3 Å². The molecule has 6 N–H and O–H groups in total. The number of amides is 1. The molecule has 0 spiro atoms. The van der Waals surface area contributed by atoms with E-state index in [9.17, 15) is 14.4 Å². The van der Waals surface area contributed by atoms with E-state index in [1.54, 1.807) is 13.8 Å². The summed E-state index contributed by atoms with van der Waals surface area (Å²) in [5.74, 6) is 1.01. The summed E-state index contributed by atoms with van der Waals surface area (Å²) in [6.45, 7) is 7.30. The monoisotopic (exact) mass is 666 g/mol. The van der Waals surface area contributed by atoms with Crippen LogP contribution in [0.3, 0.4) is 0 Å². The van der Waals surface area contributed by atoms with Gasteiger partial charge in [-0.3, -0.25) is 4.79 Å². The number of hydrogen-bond acceptors (Lipinski definition) is 13. The quantitative estimate of drug-likeness (QED) is 0.0799. The summed E-state index contributed by atoms with van der Waals surface area (Å²) in [4.78, 5) is 44.1. The maximum absolute atomic E-state index is 12.5. The number of para-hydroxylation sites is 1. The molecule has 0 radical (unpaired) electrons. The number of fused-ring (bicyclic) bond motifs is 3. The minimum atomic E-state index is -1.03. The molecule has 16 heteroatoms. The summed E-state index contributed by atoms with van der Waals surface area (Å²) >= 11 is 0. The zero-order chi connectivity index (χ0) is 32.8. The molecule has 0 aliphatic rings. The Balaban J connectivity index is 1.38. The number of carboxylic acid groups (broad SMARTS) is 1. The van der Waals surface area contributed by atoms with Crippen molar-refractivity contribution < 1.29 is 38.4 Å². The van der Waals surface area contributed by atoms with Gasteiger partial charge in [0.05, 0.1) is 17.6 Å². The van der Waals surface area contributed by atoms with Gasteiger partial charge in [-0.1, -0.05) is 39.8 Å². The van der Waals surface area contributed by atoms with E-state index in [1.165, 1.54) is 21.6 Å². The number of nitrogen functional groups attached to an aromatic ring is 1. The number of carbonyl (C=O) groups is 3. The number of rotatable bonds is 19. The van der Waals surface area contributed by atoms with Crippen LogP contribution in [0.5, 0.6) is 0 Å². The van der Waals surface area contributed by atoms with Crippen molar-refractivity contribution in [3.8, 4) is 0 Å². The predicted octanol–water partition coefficient (Wildman–Crippen LogP) is 4.32. The van der Waals surface area contributed by atoms with E-state index in [-0.39, 0.29) is 26.4 Å². The second-order valence-corrected chi connectivity index (χ2v) is 13.3. The lowest BCUT2D eigenvalue weighted by Crippen LogP contribution is -2.34. The number of imidazole rings is 1. The SMILES string of the molecule is CCOCc1nc2c(N)nc3ccccc3c2n1CC(C)(C)OC(=O)OCCSSCCOC(=O)NCCCCC(N)C(=O)O. The van der Waals surface area contributed by atoms with Gasteiger partial charge in [-0.05, 0) is 46.1 Å². The molecule has 2 heterocycles. The summed E-state index contributed by atoms with van der Waals surface area (Å²) < 4.78 is 23.7. The van der Waals surface area contributed by atoms with E-state index < -0.39 is 29.9 Å². The lowest BCUT2D eigenvalue weighted by molar-refractivity contribution is -0.138. The molecule has 0 aliphatic heterocycles. The third-order valence-corrected chi connectivity index (χ3v) is 8.75. The van der Waals surface area contributed by atoms with Crippen molar-refractivity contribution in [1.29, 1.82) is 0 Å². The Kier molecular flexibility index (Phi) is 14.3. The number of carbonyl (C=O) groups excluding carboxylic acids is 2. The average Bonchev–Trinajstić information content (AvgIpc) is 3.34. The maximum Gasteiger partial charge on any atom is 0.508 e. The fraction of sp³-hybridized carbons (Fsp3) is 0.552. The van der Waals surface area contributed by atoms with Crippen LogP contribution in [-0.4, -0.2) is 87.4 Å². The molecule has 45 heavy (non-hydrogen) atoms. The number of pyridine rings is 1. The molecular formula is C29H42N6O8S2. The molecule has 0 fully saturated rings. The zero-order valence-electron chi connectivity index (χ0n) is 25.8. The Bertz CT molecular complexity index is 1440. The van der Waals surface area contributed by atoms with Crippen LogP contribution in [0.4, 0.5) is 15.4 Å². The molecule has 1 amide bonds. The summed E-state index contributed by atoms with van der Waals surface area (Å²) in [5, 5.41) is 12.2. The number of hydrogen-bond donors (Lipinski definition) is 4. The van der Waals surface area contributed by atoms with Crippen LogP contribution in [-0.2, 0) is 36.9 Å². The fourth-order valence-electron chi connectivity index (χ4n) is 4.35. The number of anilines is 1. The van der Waals surface area contributed by atoms with Crippen LogP contribution in [0.25, 0.3) is 21.9 Å². The van der Waals surface area contributed by atoms with Crippen LogP contribution in [0, 0.1) is 0 Å². The molecule has 3 aromatic rings. The number of benzene rings is 1. The maximum atomic E-state index is 12.5. The Morgan fingerprint density at radius 2 is 1.80 bits per heavy atom.